The average molecular weight is 322 g/mol. The van der Waals surface area contributed by atoms with Crippen LogP contribution in [-0.2, 0) is 0 Å². The Balaban J connectivity index is 1.97. The quantitative estimate of drug-likeness (QED) is 0.684. The smallest absolute Gasteiger partial charge is 0.0858 e. The average Bonchev–Trinajstić information content (AvgIpc) is 2.50. The van der Waals surface area contributed by atoms with E-state index >= 15 is 0 Å². The van der Waals surface area contributed by atoms with Crippen molar-refractivity contribution in [1.82, 2.24) is 0 Å². The van der Waals surface area contributed by atoms with Crippen LogP contribution in [0.25, 0.3) is 0 Å². The van der Waals surface area contributed by atoms with E-state index in [2.05, 4.69) is 33.8 Å². The van der Waals surface area contributed by atoms with Crippen molar-refractivity contribution in [3.63, 3.8) is 0 Å². The molecule has 3 rings (SSSR count). The van der Waals surface area contributed by atoms with Crippen LogP contribution in [0.5, 0.6) is 0 Å². The highest BCUT2D eigenvalue weighted by molar-refractivity contribution is 5.26. The fourth-order valence-electron chi connectivity index (χ4n) is 6.22. The first-order valence-electron chi connectivity index (χ1n) is 9.34. The highest BCUT2D eigenvalue weighted by atomic mass is 16.3. The van der Waals surface area contributed by atoms with Crippen LogP contribution in [0, 0.1) is 28.1 Å². The van der Waals surface area contributed by atoms with Gasteiger partial charge < -0.3 is 15.3 Å². The molecular formula is C20H34O3. The van der Waals surface area contributed by atoms with E-state index in [0.29, 0.717) is 17.3 Å². The van der Waals surface area contributed by atoms with E-state index in [0.717, 1.165) is 38.5 Å². The second-order valence-electron chi connectivity index (χ2n) is 9.52. The Kier molecular flexibility index (Phi) is 4.23. The third-order valence-corrected chi connectivity index (χ3v) is 7.82. The van der Waals surface area contributed by atoms with Crippen molar-refractivity contribution in [2.24, 2.45) is 28.1 Å². The summed E-state index contributed by atoms with van der Waals surface area (Å²) in [4.78, 5) is 0. The molecule has 0 bridgehead atoms. The molecule has 23 heavy (non-hydrogen) atoms. The van der Waals surface area contributed by atoms with Crippen molar-refractivity contribution in [3.8, 4) is 0 Å². The summed E-state index contributed by atoms with van der Waals surface area (Å²) in [6, 6.07) is 0. The van der Waals surface area contributed by atoms with Gasteiger partial charge in [0.25, 0.3) is 0 Å². The predicted molar refractivity (Wildman–Crippen MR) is 91.9 cm³/mol. The minimum atomic E-state index is -0.686. The third-order valence-electron chi connectivity index (χ3n) is 7.82. The lowest BCUT2D eigenvalue weighted by atomic mass is 9.44. The lowest BCUT2D eigenvalue weighted by Gasteiger charge is -2.61. The Bertz CT molecular complexity index is 497. The molecule has 3 N–H and O–H groups in total. The summed E-state index contributed by atoms with van der Waals surface area (Å²) in [7, 11) is 0. The van der Waals surface area contributed by atoms with E-state index < -0.39 is 6.10 Å². The van der Waals surface area contributed by atoms with E-state index in [4.69, 9.17) is 0 Å². The number of rotatable bonds is 2. The largest absolute Gasteiger partial charge is 0.394 e. The molecule has 3 nitrogen and oxygen atoms in total. The summed E-state index contributed by atoms with van der Waals surface area (Å²) >= 11 is 0. The van der Waals surface area contributed by atoms with Crippen LogP contribution in [-0.4, -0.2) is 34.1 Å². The number of allylic oxidation sites excluding steroid dienone is 1. The summed E-state index contributed by atoms with van der Waals surface area (Å²) < 4.78 is 0. The highest BCUT2D eigenvalue weighted by Crippen LogP contribution is 2.63. The van der Waals surface area contributed by atoms with Crippen molar-refractivity contribution in [1.29, 1.82) is 0 Å². The van der Waals surface area contributed by atoms with Gasteiger partial charge in [-0.15, -0.1) is 0 Å². The second-order valence-corrected chi connectivity index (χ2v) is 9.52. The van der Waals surface area contributed by atoms with Gasteiger partial charge in [-0.1, -0.05) is 39.3 Å². The summed E-state index contributed by atoms with van der Waals surface area (Å²) in [5.74, 6) is 0.989. The molecule has 3 aliphatic rings. The molecule has 3 aliphatic carbocycles. The Labute approximate surface area is 140 Å². The van der Waals surface area contributed by atoms with Crippen LogP contribution >= 0.6 is 0 Å². The topological polar surface area (TPSA) is 60.7 Å². The van der Waals surface area contributed by atoms with Crippen molar-refractivity contribution in [2.45, 2.75) is 78.4 Å². The summed E-state index contributed by atoms with van der Waals surface area (Å²) in [6.07, 6.45) is 7.47. The molecule has 0 aliphatic heterocycles. The van der Waals surface area contributed by atoms with Gasteiger partial charge in [0.1, 0.15) is 0 Å². The molecule has 0 saturated heterocycles. The van der Waals surface area contributed by atoms with Crippen LogP contribution in [0.1, 0.15) is 66.2 Å². The molecule has 3 heteroatoms. The summed E-state index contributed by atoms with van der Waals surface area (Å²) in [5, 5.41) is 30.5. The Morgan fingerprint density at radius 1 is 1.13 bits per heavy atom. The zero-order chi connectivity index (χ0) is 17.0. The minimum Gasteiger partial charge on any atom is -0.394 e. The maximum atomic E-state index is 10.9. The molecule has 0 aromatic heterocycles. The maximum absolute atomic E-state index is 10.9. The van der Waals surface area contributed by atoms with Crippen LogP contribution in [0.4, 0.5) is 0 Å². The zero-order valence-corrected chi connectivity index (χ0v) is 15.2. The predicted octanol–water partition coefficient (Wildman–Crippen LogP) is 3.28. The van der Waals surface area contributed by atoms with Crippen molar-refractivity contribution in [2.75, 3.05) is 6.61 Å². The molecule has 0 heterocycles. The van der Waals surface area contributed by atoms with E-state index in [-0.39, 0.29) is 23.5 Å². The van der Waals surface area contributed by atoms with Crippen LogP contribution < -0.4 is 0 Å². The number of hydrogen-bond donors (Lipinski definition) is 3. The molecule has 6 atom stereocenters. The van der Waals surface area contributed by atoms with Gasteiger partial charge in [-0.25, -0.2) is 0 Å². The van der Waals surface area contributed by atoms with Gasteiger partial charge in [0.2, 0.25) is 0 Å². The SMILES string of the molecule is CC1(C)CC[C@@H](O)[C@@]2(C)[C@@H]3CC[C@](C)([C@@H](O)CO)C=C3CC[C@H]12. The number of fused-ring (bicyclic) bond motifs is 3. The van der Waals surface area contributed by atoms with Gasteiger partial charge in [0, 0.05) is 10.8 Å². The molecule has 2 saturated carbocycles. The lowest BCUT2D eigenvalue weighted by Crippen LogP contribution is -2.57. The van der Waals surface area contributed by atoms with Crippen LogP contribution in [0.3, 0.4) is 0 Å². The third kappa shape index (κ3) is 2.51. The number of aliphatic hydroxyl groups is 3. The van der Waals surface area contributed by atoms with E-state index in [1.165, 1.54) is 5.57 Å². The fraction of sp³-hybridized carbons (Fsp3) is 0.900. The molecule has 2 fully saturated rings. The molecule has 0 spiro atoms. The highest BCUT2D eigenvalue weighted by Gasteiger charge is 2.58. The monoisotopic (exact) mass is 322 g/mol. The molecule has 0 amide bonds. The normalized spacial score (nSPS) is 47.3. The molecule has 0 aromatic rings. The fourth-order valence-corrected chi connectivity index (χ4v) is 6.22. The zero-order valence-electron chi connectivity index (χ0n) is 15.2. The molecule has 132 valence electrons. The van der Waals surface area contributed by atoms with Gasteiger partial charge in [-0.3, -0.25) is 0 Å². The summed E-state index contributed by atoms with van der Waals surface area (Å²) in [6.45, 7) is 8.94. The first kappa shape index (κ1) is 17.4. The molecule has 0 unspecified atom stereocenters. The van der Waals surface area contributed by atoms with Crippen molar-refractivity contribution in [3.05, 3.63) is 11.6 Å². The van der Waals surface area contributed by atoms with E-state index in [9.17, 15) is 15.3 Å². The first-order chi connectivity index (χ1) is 10.6. The maximum Gasteiger partial charge on any atom is 0.0858 e. The van der Waals surface area contributed by atoms with Gasteiger partial charge in [-0.2, -0.15) is 0 Å². The van der Waals surface area contributed by atoms with Crippen molar-refractivity contribution < 1.29 is 15.3 Å². The van der Waals surface area contributed by atoms with E-state index in [1.54, 1.807) is 0 Å². The van der Waals surface area contributed by atoms with Crippen LogP contribution in [0.15, 0.2) is 11.6 Å². The first-order valence-corrected chi connectivity index (χ1v) is 9.34. The number of aliphatic hydroxyl groups excluding tert-OH is 3. The van der Waals surface area contributed by atoms with Crippen LogP contribution in [0.2, 0.25) is 0 Å². The van der Waals surface area contributed by atoms with E-state index in [1.807, 2.05) is 0 Å². The molecular weight excluding hydrogens is 288 g/mol. The molecule has 0 radical (unpaired) electrons. The second kappa shape index (κ2) is 5.57. The number of hydrogen-bond acceptors (Lipinski definition) is 3. The lowest BCUT2D eigenvalue weighted by molar-refractivity contribution is -0.143. The van der Waals surface area contributed by atoms with Crippen molar-refractivity contribution >= 4 is 0 Å². The molecule has 0 aromatic carbocycles. The Morgan fingerprint density at radius 2 is 1.83 bits per heavy atom. The Hall–Kier alpha value is -0.380. The Morgan fingerprint density at radius 3 is 2.48 bits per heavy atom. The standard InChI is InChI=1S/C20H34O3/c1-18(2)9-8-16(22)20(4)14-7-10-19(3,17(23)12-21)11-13(14)5-6-15(18)20/h11,14-17,21-23H,5-10,12H2,1-4H3/t14-,15-,16-,17+,19+,20+/m1/s1. The summed E-state index contributed by atoms with van der Waals surface area (Å²) in [5.41, 5.74) is 1.35. The van der Waals surface area contributed by atoms with Gasteiger partial charge in [0.15, 0.2) is 0 Å². The van der Waals surface area contributed by atoms with Gasteiger partial charge in [-0.05, 0) is 55.8 Å². The minimum absolute atomic E-state index is 0.0443. The van der Waals surface area contributed by atoms with Gasteiger partial charge in [0.05, 0.1) is 18.8 Å². The van der Waals surface area contributed by atoms with Gasteiger partial charge >= 0.3 is 0 Å².